The first-order valence-corrected chi connectivity index (χ1v) is 11.1. The predicted octanol–water partition coefficient (Wildman–Crippen LogP) is 0.674. The summed E-state index contributed by atoms with van der Waals surface area (Å²) in [6.45, 7) is 2.91. The van der Waals surface area contributed by atoms with Gasteiger partial charge in [-0.05, 0) is 45.1 Å². The Labute approximate surface area is 165 Å². The number of carbonyl (C=O) groups excluding carboxylic acids is 1. The van der Waals surface area contributed by atoms with Gasteiger partial charge in [-0.25, -0.2) is 13.1 Å². The van der Waals surface area contributed by atoms with Gasteiger partial charge in [0.15, 0.2) is 0 Å². The van der Waals surface area contributed by atoms with E-state index in [0.29, 0.717) is 38.1 Å². The molecule has 1 fully saturated rings. The van der Waals surface area contributed by atoms with E-state index < -0.39 is 10.0 Å². The first-order chi connectivity index (χ1) is 13.4. The number of fused-ring (bicyclic) bond motifs is 1. The smallest absolute Gasteiger partial charge is 0.243 e. The molecule has 2 heterocycles. The number of aryl methyl sites for hydroxylation is 1. The third-order valence-electron chi connectivity index (χ3n) is 4.87. The molecule has 10 heteroatoms. The molecule has 1 aliphatic heterocycles. The molecule has 28 heavy (non-hydrogen) atoms. The van der Waals surface area contributed by atoms with Crippen molar-refractivity contribution >= 4 is 27.0 Å². The number of likely N-dealkylation sites (N-methyl/N-ethyl adjacent to an activating group) is 1. The lowest BCUT2D eigenvalue weighted by molar-refractivity contribution is -0.121. The molecule has 1 aromatic carbocycles. The second-order valence-corrected chi connectivity index (χ2v) is 9.27. The second-order valence-electron chi connectivity index (χ2n) is 7.33. The number of carbonyl (C=O) groups is 1. The molecule has 2 aromatic rings. The second kappa shape index (κ2) is 8.97. The van der Waals surface area contributed by atoms with Gasteiger partial charge >= 0.3 is 0 Å². The molecule has 1 amide bonds. The number of aromatic nitrogens is 3. The highest BCUT2D eigenvalue weighted by Gasteiger charge is 2.26. The van der Waals surface area contributed by atoms with Crippen LogP contribution >= 0.6 is 0 Å². The highest BCUT2D eigenvalue weighted by molar-refractivity contribution is 7.89. The molecule has 0 aliphatic carbocycles. The zero-order chi connectivity index (χ0) is 20.1. The average Bonchev–Trinajstić information content (AvgIpc) is 3.09. The number of piperidine rings is 1. The van der Waals surface area contributed by atoms with Crippen molar-refractivity contribution in [3.63, 3.8) is 0 Å². The van der Waals surface area contributed by atoms with Crippen molar-refractivity contribution in [3.8, 4) is 0 Å². The summed E-state index contributed by atoms with van der Waals surface area (Å²) in [6.07, 6.45) is 3.16. The molecular formula is C18H28N6O3S. The van der Waals surface area contributed by atoms with Crippen LogP contribution in [0.25, 0.3) is 11.0 Å². The fourth-order valence-corrected chi connectivity index (χ4v) is 4.78. The third-order valence-corrected chi connectivity index (χ3v) is 6.76. The number of nitrogens with one attached hydrogen (secondary N) is 1. The lowest BCUT2D eigenvalue weighted by Gasteiger charge is -2.25. The Bertz CT molecular complexity index is 919. The SMILES string of the molecule is CN(C)CCNC(=O)CCn1nnc2cc(S(=O)(=O)N3CCCCC3)ccc21. The standard InChI is InChI=1S/C18H28N6O3S/c1-22(2)13-9-19-18(25)8-12-24-17-7-6-15(14-16(17)20-21-24)28(26,27)23-10-4-3-5-11-23/h6-7,14H,3-5,8-13H2,1-2H3,(H,19,25). The summed E-state index contributed by atoms with van der Waals surface area (Å²) >= 11 is 0. The largest absolute Gasteiger partial charge is 0.355 e. The maximum atomic E-state index is 12.8. The van der Waals surface area contributed by atoms with Gasteiger partial charge in [0.2, 0.25) is 15.9 Å². The quantitative estimate of drug-likeness (QED) is 0.689. The summed E-state index contributed by atoms with van der Waals surface area (Å²) in [5.41, 5.74) is 1.24. The van der Waals surface area contributed by atoms with E-state index in [1.165, 1.54) is 0 Å². The Morgan fingerprint density at radius 1 is 1.21 bits per heavy atom. The maximum absolute atomic E-state index is 12.8. The number of hydrogen-bond donors (Lipinski definition) is 1. The number of rotatable bonds is 8. The fraction of sp³-hybridized carbons (Fsp3) is 0.611. The van der Waals surface area contributed by atoms with Crippen molar-refractivity contribution in [2.24, 2.45) is 0 Å². The van der Waals surface area contributed by atoms with E-state index in [-0.39, 0.29) is 10.8 Å². The van der Waals surface area contributed by atoms with Crippen molar-refractivity contribution in [3.05, 3.63) is 18.2 Å². The highest BCUT2D eigenvalue weighted by atomic mass is 32.2. The minimum atomic E-state index is -3.50. The van der Waals surface area contributed by atoms with Gasteiger partial charge in [-0.2, -0.15) is 4.31 Å². The van der Waals surface area contributed by atoms with Crippen LogP contribution in [-0.2, 0) is 21.4 Å². The van der Waals surface area contributed by atoms with Gasteiger partial charge in [-0.1, -0.05) is 11.6 Å². The van der Waals surface area contributed by atoms with E-state index in [2.05, 4.69) is 15.6 Å². The van der Waals surface area contributed by atoms with Gasteiger partial charge in [0.1, 0.15) is 5.52 Å². The first kappa shape index (κ1) is 20.7. The molecule has 1 aromatic heterocycles. The number of sulfonamides is 1. The van der Waals surface area contributed by atoms with Crippen LogP contribution in [0.3, 0.4) is 0 Å². The number of nitrogens with zero attached hydrogens (tertiary/aromatic N) is 5. The van der Waals surface area contributed by atoms with Crippen LogP contribution in [0.1, 0.15) is 25.7 Å². The minimum absolute atomic E-state index is 0.0465. The molecular weight excluding hydrogens is 380 g/mol. The van der Waals surface area contributed by atoms with Gasteiger partial charge in [0, 0.05) is 32.6 Å². The molecule has 0 unspecified atom stereocenters. The Hall–Kier alpha value is -2.04. The first-order valence-electron chi connectivity index (χ1n) is 9.63. The van der Waals surface area contributed by atoms with Gasteiger partial charge in [0.25, 0.3) is 0 Å². The van der Waals surface area contributed by atoms with Crippen molar-refractivity contribution in [1.82, 2.24) is 29.5 Å². The van der Waals surface area contributed by atoms with Crippen molar-refractivity contribution in [1.29, 1.82) is 0 Å². The number of amides is 1. The van der Waals surface area contributed by atoms with Gasteiger partial charge in [-0.3, -0.25) is 4.79 Å². The van der Waals surface area contributed by atoms with Crippen LogP contribution < -0.4 is 5.32 Å². The van der Waals surface area contributed by atoms with Crippen LogP contribution in [0, 0.1) is 0 Å². The molecule has 0 saturated carbocycles. The summed E-state index contributed by atoms with van der Waals surface area (Å²) in [6, 6.07) is 4.89. The van der Waals surface area contributed by atoms with E-state index in [9.17, 15) is 13.2 Å². The highest BCUT2D eigenvalue weighted by Crippen LogP contribution is 2.23. The van der Waals surface area contributed by atoms with Crippen molar-refractivity contribution in [2.45, 2.75) is 37.1 Å². The van der Waals surface area contributed by atoms with E-state index in [0.717, 1.165) is 31.3 Å². The zero-order valence-corrected chi connectivity index (χ0v) is 17.3. The number of benzene rings is 1. The molecule has 0 spiro atoms. The van der Waals surface area contributed by atoms with Gasteiger partial charge in [-0.15, -0.1) is 5.10 Å². The predicted molar refractivity (Wildman–Crippen MR) is 106 cm³/mol. The van der Waals surface area contributed by atoms with Crippen molar-refractivity contribution in [2.75, 3.05) is 40.3 Å². The maximum Gasteiger partial charge on any atom is 0.243 e. The van der Waals surface area contributed by atoms with Crippen molar-refractivity contribution < 1.29 is 13.2 Å². The number of hydrogen-bond acceptors (Lipinski definition) is 6. The molecule has 0 bridgehead atoms. The molecule has 1 aliphatic rings. The van der Waals surface area contributed by atoms with E-state index in [1.54, 1.807) is 27.2 Å². The van der Waals surface area contributed by atoms with E-state index in [1.807, 2.05) is 19.0 Å². The summed E-state index contributed by atoms with van der Waals surface area (Å²) in [4.78, 5) is 14.2. The normalized spacial score (nSPS) is 16.0. The average molecular weight is 409 g/mol. The topological polar surface area (TPSA) is 100 Å². The summed E-state index contributed by atoms with van der Waals surface area (Å²) in [7, 11) is 0.405. The molecule has 154 valence electrons. The zero-order valence-electron chi connectivity index (χ0n) is 16.5. The third kappa shape index (κ3) is 4.86. The van der Waals surface area contributed by atoms with Gasteiger partial charge < -0.3 is 10.2 Å². The van der Waals surface area contributed by atoms with Crippen LogP contribution in [0.2, 0.25) is 0 Å². The Balaban J connectivity index is 1.66. The monoisotopic (exact) mass is 408 g/mol. The Morgan fingerprint density at radius 3 is 2.68 bits per heavy atom. The molecule has 0 radical (unpaired) electrons. The summed E-state index contributed by atoms with van der Waals surface area (Å²) < 4.78 is 28.8. The van der Waals surface area contributed by atoms with Crippen LogP contribution in [0.4, 0.5) is 0 Å². The minimum Gasteiger partial charge on any atom is -0.355 e. The van der Waals surface area contributed by atoms with Gasteiger partial charge in [0.05, 0.1) is 17.0 Å². The molecule has 3 rings (SSSR count). The fourth-order valence-electron chi connectivity index (χ4n) is 3.25. The lowest BCUT2D eigenvalue weighted by atomic mass is 10.2. The molecule has 0 atom stereocenters. The molecule has 1 N–H and O–H groups in total. The van der Waals surface area contributed by atoms with Crippen LogP contribution in [0.15, 0.2) is 23.1 Å². The van der Waals surface area contributed by atoms with E-state index in [4.69, 9.17) is 0 Å². The van der Waals surface area contributed by atoms with Crippen LogP contribution in [-0.4, -0.2) is 78.8 Å². The molecule has 1 saturated heterocycles. The van der Waals surface area contributed by atoms with Crippen LogP contribution in [0.5, 0.6) is 0 Å². The summed E-state index contributed by atoms with van der Waals surface area (Å²) in [5.74, 6) is -0.0465. The Kier molecular flexibility index (Phi) is 6.63. The lowest BCUT2D eigenvalue weighted by Crippen LogP contribution is -2.35. The summed E-state index contributed by atoms with van der Waals surface area (Å²) in [5, 5.41) is 11.0. The molecule has 9 nitrogen and oxygen atoms in total. The van der Waals surface area contributed by atoms with E-state index >= 15 is 0 Å². The Morgan fingerprint density at radius 2 is 1.96 bits per heavy atom.